The third-order valence-electron chi connectivity index (χ3n) is 5.30. The Morgan fingerprint density at radius 2 is 1.91 bits per heavy atom. The maximum atomic E-state index is 14.6. The van der Waals surface area contributed by atoms with Crippen LogP contribution < -0.4 is 0 Å². The summed E-state index contributed by atoms with van der Waals surface area (Å²) in [6, 6.07) is 18.0. The number of carbonyl (C=O) groups is 1. The lowest BCUT2D eigenvalue weighted by molar-refractivity contribution is 0.0823. The second kappa shape index (κ2) is 7.81. The molecule has 0 unspecified atom stereocenters. The van der Waals surface area contributed by atoms with E-state index in [-0.39, 0.29) is 11.5 Å². The number of hydrogen-bond donors (Lipinski definition) is 0. The molecule has 0 saturated heterocycles. The van der Waals surface area contributed by atoms with E-state index in [2.05, 4.69) is 20.3 Å². The maximum Gasteiger partial charge on any atom is 0.256 e. The zero-order chi connectivity index (χ0) is 22.2. The zero-order valence-corrected chi connectivity index (χ0v) is 17.5. The van der Waals surface area contributed by atoms with Crippen LogP contribution >= 0.6 is 0 Å². The van der Waals surface area contributed by atoms with Crippen molar-refractivity contribution in [3.63, 3.8) is 0 Å². The molecular formula is C24H19FN6O. The number of amides is 1. The van der Waals surface area contributed by atoms with Gasteiger partial charge in [0.25, 0.3) is 5.91 Å². The lowest BCUT2D eigenvalue weighted by Crippen LogP contribution is -2.22. The highest BCUT2D eigenvalue weighted by molar-refractivity contribution is 5.94. The van der Waals surface area contributed by atoms with E-state index in [4.69, 9.17) is 0 Å². The number of hydrogen-bond acceptors (Lipinski definition) is 5. The molecule has 158 valence electrons. The highest BCUT2D eigenvalue weighted by Crippen LogP contribution is 2.24. The van der Waals surface area contributed by atoms with Gasteiger partial charge in [0.1, 0.15) is 11.3 Å². The smallest absolute Gasteiger partial charge is 0.256 e. The van der Waals surface area contributed by atoms with Gasteiger partial charge in [0.05, 0.1) is 23.3 Å². The number of carbonyl (C=O) groups excluding carboxylic acids is 1. The summed E-state index contributed by atoms with van der Waals surface area (Å²) in [5.41, 5.74) is 4.29. The van der Waals surface area contributed by atoms with Crippen LogP contribution in [0.3, 0.4) is 0 Å². The average molecular weight is 426 g/mol. The molecule has 5 aromatic rings. The maximum absolute atomic E-state index is 14.6. The molecule has 32 heavy (non-hydrogen) atoms. The minimum absolute atomic E-state index is 0.0231. The van der Waals surface area contributed by atoms with Gasteiger partial charge in [0, 0.05) is 31.2 Å². The van der Waals surface area contributed by atoms with Crippen molar-refractivity contribution in [2.24, 2.45) is 0 Å². The Kier molecular flexibility index (Phi) is 4.82. The van der Waals surface area contributed by atoms with Crippen molar-refractivity contribution in [1.29, 1.82) is 0 Å². The summed E-state index contributed by atoms with van der Waals surface area (Å²) in [4.78, 5) is 22.6. The van der Waals surface area contributed by atoms with Crippen LogP contribution in [0.1, 0.15) is 15.9 Å². The van der Waals surface area contributed by atoms with Gasteiger partial charge < -0.3 is 4.90 Å². The molecule has 0 fully saturated rings. The number of fused-ring (bicyclic) bond motifs is 2. The first-order valence-corrected chi connectivity index (χ1v) is 10.1. The first kappa shape index (κ1) is 19.7. The van der Waals surface area contributed by atoms with Crippen LogP contribution in [0.25, 0.3) is 33.3 Å². The first-order chi connectivity index (χ1) is 15.5. The number of para-hydroxylation sites is 1. The predicted molar refractivity (Wildman–Crippen MR) is 120 cm³/mol. The molecule has 0 radical (unpaired) electrons. The Bertz CT molecular complexity index is 1470. The second-order valence-corrected chi connectivity index (χ2v) is 7.67. The number of nitrogens with zero attached hydrogens (tertiary/aromatic N) is 6. The van der Waals surface area contributed by atoms with Gasteiger partial charge in [-0.1, -0.05) is 35.5 Å². The summed E-state index contributed by atoms with van der Waals surface area (Å²) in [5.74, 6) is -0.972. The van der Waals surface area contributed by atoms with Crippen LogP contribution in [-0.4, -0.2) is 49.9 Å². The molecule has 0 aliphatic rings. The SMILES string of the molecule is CN(C)C(=O)c1ccc(-c2ccc3nnn(Cc4cccc5cccnc45)c3n2)cc1F. The zero-order valence-electron chi connectivity index (χ0n) is 17.5. The number of halogens is 1. The quantitative estimate of drug-likeness (QED) is 0.435. The molecule has 0 spiro atoms. The van der Waals surface area contributed by atoms with E-state index in [0.29, 0.717) is 29.0 Å². The van der Waals surface area contributed by atoms with Gasteiger partial charge in [-0.15, -0.1) is 5.10 Å². The second-order valence-electron chi connectivity index (χ2n) is 7.67. The fraction of sp³-hybridized carbons (Fsp3) is 0.125. The molecule has 0 saturated carbocycles. The standard InChI is InChI=1S/C24H19FN6O/c1-30(2)24(32)18-9-8-16(13-19(18)25)20-10-11-21-23(27-20)31(29-28-21)14-17-6-3-5-15-7-4-12-26-22(15)17/h3-13H,14H2,1-2H3. The molecule has 7 nitrogen and oxygen atoms in total. The minimum Gasteiger partial charge on any atom is -0.345 e. The predicted octanol–water partition coefficient (Wildman–Crippen LogP) is 3.93. The lowest BCUT2D eigenvalue weighted by Gasteiger charge is -2.11. The van der Waals surface area contributed by atoms with Gasteiger partial charge in [-0.3, -0.25) is 9.78 Å². The Labute approximate surface area is 183 Å². The van der Waals surface area contributed by atoms with E-state index in [0.717, 1.165) is 16.5 Å². The molecule has 0 aliphatic carbocycles. The Hall–Kier alpha value is -4.20. The van der Waals surface area contributed by atoms with Crippen molar-refractivity contribution in [3.8, 4) is 11.3 Å². The van der Waals surface area contributed by atoms with Crippen molar-refractivity contribution in [1.82, 2.24) is 29.9 Å². The topological polar surface area (TPSA) is 76.8 Å². The molecule has 0 N–H and O–H groups in total. The normalized spacial score (nSPS) is 11.2. The fourth-order valence-electron chi connectivity index (χ4n) is 3.67. The van der Waals surface area contributed by atoms with Crippen molar-refractivity contribution in [2.45, 2.75) is 6.54 Å². The van der Waals surface area contributed by atoms with Crippen molar-refractivity contribution in [3.05, 3.63) is 83.8 Å². The molecule has 0 bridgehead atoms. The Morgan fingerprint density at radius 3 is 2.72 bits per heavy atom. The Morgan fingerprint density at radius 1 is 1.06 bits per heavy atom. The summed E-state index contributed by atoms with van der Waals surface area (Å²) in [6.45, 7) is 0.450. The van der Waals surface area contributed by atoms with Crippen LogP contribution in [-0.2, 0) is 6.54 Å². The van der Waals surface area contributed by atoms with E-state index >= 15 is 0 Å². The van der Waals surface area contributed by atoms with E-state index in [9.17, 15) is 9.18 Å². The summed E-state index contributed by atoms with van der Waals surface area (Å²) >= 11 is 0. The number of aromatic nitrogens is 5. The van der Waals surface area contributed by atoms with E-state index in [1.54, 1.807) is 43.2 Å². The van der Waals surface area contributed by atoms with Gasteiger partial charge in [-0.05, 0) is 35.9 Å². The number of pyridine rings is 2. The van der Waals surface area contributed by atoms with E-state index in [1.165, 1.54) is 17.0 Å². The number of benzene rings is 2. The third-order valence-corrected chi connectivity index (χ3v) is 5.30. The first-order valence-electron chi connectivity index (χ1n) is 10.1. The largest absolute Gasteiger partial charge is 0.345 e. The summed E-state index contributed by atoms with van der Waals surface area (Å²) in [5, 5.41) is 9.52. The highest BCUT2D eigenvalue weighted by Gasteiger charge is 2.16. The Balaban J connectivity index is 1.53. The molecule has 1 amide bonds. The third kappa shape index (κ3) is 3.45. The van der Waals surface area contributed by atoms with Crippen molar-refractivity contribution >= 4 is 28.0 Å². The van der Waals surface area contributed by atoms with E-state index < -0.39 is 5.82 Å². The summed E-state index contributed by atoms with van der Waals surface area (Å²) < 4.78 is 16.3. The van der Waals surface area contributed by atoms with Gasteiger partial charge >= 0.3 is 0 Å². The van der Waals surface area contributed by atoms with Crippen LogP contribution in [0, 0.1) is 5.82 Å². The summed E-state index contributed by atoms with van der Waals surface area (Å²) in [7, 11) is 3.18. The van der Waals surface area contributed by atoms with Crippen LogP contribution in [0.4, 0.5) is 4.39 Å². The van der Waals surface area contributed by atoms with Gasteiger partial charge in [0.2, 0.25) is 0 Å². The monoisotopic (exact) mass is 426 g/mol. The summed E-state index contributed by atoms with van der Waals surface area (Å²) in [6.07, 6.45) is 1.76. The van der Waals surface area contributed by atoms with Gasteiger partial charge in [0.15, 0.2) is 5.65 Å². The van der Waals surface area contributed by atoms with Crippen LogP contribution in [0.5, 0.6) is 0 Å². The molecule has 5 rings (SSSR count). The molecule has 8 heteroatoms. The van der Waals surface area contributed by atoms with Gasteiger partial charge in [-0.25, -0.2) is 14.1 Å². The van der Waals surface area contributed by atoms with E-state index in [1.807, 2.05) is 30.3 Å². The molecule has 0 aliphatic heterocycles. The number of rotatable bonds is 4. The highest BCUT2D eigenvalue weighted by atomic mass is 19.1. The molecule has 0 atom stereocenters. The van der Waals surface area contributed by atoms with Crippen LogP contribution in [0.15, 0.2) is 66.9 Å². The fourth-order valence-corrected chi connectivity index (χ4v) is 3.67. The lowest BCUT2D eigenvalue weighted by atomic mass is 10.1. The van der Waals surface area contributed by atoms with Crippen molar-refractivity contribution in [2.75, 3.05) is 14.1 Å². The molecule has 3 heterocycles. The van der Waals surface area contributed by atoms with Gasteiger partial charge in [-0.2, -0.15) is 0 Å². The molecule has 3 aromatic heterocycles. The average Bonchev–Trinajstić information content (AvgIpc) is 3.20. The minimum atomic E-state index is -0.587. The van der Waals surface area contributed by atoms with Crippen molar-refractivity contribution < 1.29 is 9.18 Å². The molecular weight excluding hydrogens is 407 g/mol. The van der Waals surface area contributed by atoms with Crippen LogP contribution in [0.2, 0.25) is 0 Å². The molecule has 2 aromatic carbocycles.